The third kappa shape index (κ3) is 3.48. The molecule has 0 unspecified atom stereocenters. The van der Waals surface area contributed by atoms with Gasteiger partial charge in [-0.15, -0.1) is 0 Å². The maximum atomic E-state index is 14.5. The molecule has 0 bridgehead atoms. The lowest BCUT2D eigenvalue weighted by Gasteiger charge is -2.26. The molecule has 4 rings (SSSR count). The van der Waals surface area contributed by atoms with Gasteiger partial charge in [-0.25, -0.2) is 8.78 Å². The van der Waals surface area contributed by atoms with Crippen molar-refractivity contribution in [2.24, 2.45) is 0 Å². The van der Waals surface area contributed by atoms with Crippen LogP contribution >= 0.6 is 28.1 Å². The Bertz CT molecular complexity index is 953. The number of nitrogens with zero attached hydrogens (tertiary/aromatic N) is 2. The first-order valence-corrected chi connectivity index (χ1v) is 9.95. The minimum atomic E-state index is -0.577. The van der Waals surface area contributed by atoms with E-state index in [1.807, 2.05) is 4.57 Å². The van der Waals surface area contributed by atoms with E-state index in [-0.39, 0.29) is 28.3 Å². The van der Waals surface area contributed by atoms with E-state index in [0.717, 1.165) is 11.4 Å². The summed E-state index contributed by atoms with van der Waals surface area (Å²) in [7, 11) is 0. The van der Waals surface area contributed by atoms with Crippen molar-refractivity contribution in [3.8, 4) is 0 Å². The predicted molar refractivity (Wildman–Crippen MR) is 101 cm³/mol. The number of aromatic nitrogens is 2. The van der Waals surface area contributed by atoms with Gasteiger partial charge < -0.3 is 19.2 Å². The molecule has 2 aromatic rings. The van der Waals surface area contributed by atoms with Gasteiger partial charge in [0.15, 0.2) is 4.77 Å². The molecule has 0 aliphatic carbocycles. The number of fused-ring (bicyclic) bond motifs is 1. The number of morpholine rings is 1. The first kappa shape index (κ1) is 18.8. The van der Waals surface area contributed by atoms with E-state index in [9.17, 15) is 13.6 Å². The lowest BCUT2D eigenvalue weighted by atomic mass is 9.95. The largest absolute Gasteiger partial charge is 0.378 e. The second-order valence-corrected chi connectivity index (χ2v) is 8.03. The van der Waals surface area contributed by atoms with Crippen LogP contribution in [0.2, 0.25) is 0 Å². The quantitative estimate of drug-likeness (QED) is 0.567. The number of aromatic amines is 1. The van der Waals surface area contributed by atoms with Gasteiger partial charge in [0.2, 0.25) is 5.91 Å². The Morgan fingerprint density at radius 2 is 2.07 bits per heavy atom. The van der Waals surface area contributed by atoms with Crippen LogP contribution in [-0.4, -0.2) is 46.7 Å². The van der Waals surface area contributed by atoms with Gasteiger partial charge in [0.1, 0.15) is 11.6 Å². The van der Waals surface area contributed by atoms with Gasteiger partial charge in [0, 0.05) is 42.5 Å². The molecular weight excluding hydrogens is 440 g/mol. The monoisotopic (exact) mass is 457 g/mol. The minimum Gasteiger partial charge on any atom is -0.378 e. The molecule has 1 amide bonds. The van der Waals surface area contributed by atoms with Gasteiger partial charge in [0.25, 0.3) is 0 Å². The Morgan fingerprint density at radius 3 is 2.81 bits per heavy atom. The van der Waals surface area contributed by atoms with Crippen molar-refractivity contribution < 1.29 is 18.3 Å². The Labute approximate surface area is 168 Å². The molecule has 0 radical (unpaired) electrons. The van der Waals surface area contributed by atoms with Crippen LogP contribution in [0.3, 0.4) is 0 Å². The molecule has 144 valence electrons. The number of hydrogen-bond donors (Lipinski definition) is 1. The standard InChI is InChI=1S/C18H18BrF2N3O2S/c19-11-1-2-12(20)16(17(11)21)10-7-14-13(22-18(27)24(14)9-10)8-15(25)23-3-5-26-6-4-23/h1-2,10H,3-9H2,(H,22,27)/t10-/m0/s1. The van der Waals surface area contributed by atoms with Crippen molar-refractivity contribution in [2.75, 3.05) is 26.3 Å². The van der Waals surface area contributed by atoms with Crippen LogP contribution in [0.1, 0.15) is 22.9 Å². The molecule has 27 heavy (non-hydrogen) atoms. The van der Waals surface area contributed by atoms with E-state index in [0.29, 0.717) is 44.0 Å². The molecule has 5 nitrogen and oxygen atoms in total. The number of carbonyl (C=O) groups is 1. The molecule has 2 aliphatic heterocycles. The van der Waals surface area contributed by atoms with Crippen molar-refractivity contribution in [2.45, 2.75) is 25.3 Å². The molecule has 0 saturated carbocycles. The highest BCUT2D eigenvalue weighted by molar-refractivity contribution is 9.10. The van der Waals surface area contributed by atoms with Crippen LogP contribution in [0.5, 0.6) is 0 Å². The highest BCUT2D eigenvalue weighted by Crippen LogP contribution is 2.36. The van der Waals surface area contributed by atoms with Crippen molar-refractivity contribution in [3.63, 3.8) is 0 Å². The van der Waals surface area contributed by atoms with E-state index in [1.165, 1.54) is 12.1 Å². The van der Waals surface area contributed by atoms with Gasteiger partial charge in [0.05, 0.1) is 24.1 Å². The number of halogens is 3. The third-order valence-corrected chi connectivity index (χ3v) is 6.13. The number of benzene rings is 1. The fourth-order valence-corrected chi connectivity index (χ4v) is 4.49. The number of H-pyrrole nitrogens is 1. The van der Waals surface area contributed by atoms with Crippen LogP contribution in [0, 0.1) is 16.4 Å². The normalized spacial score (nSPS) is 19.4. The Balaban J connectivity index is 1.58. The molecule has 1 fully saturated rings. The van der Waals surface area contributed by atoms with Gasteiger partial charge >= 0.3 is 0 Å². The first-order chi connectivity index (χ1) is 13.0. The average Bonchev–Trinajstić information content (AvgIpc) is 3.21. The number of ether oxygens (including phenoxy) is 1. The highest BCUT2D eigenvalue weighted by Gasteiger charge is 2.32. The summed E-state index contributed by atoms with van der Waals surface area (Å²) in [6.45, 7) is 2.62. The number of amides is 1. The molecule has 2 aliphatic rings. The first-order valence-electron chi connectivity index (χ1n) is 8.75. The molecule has 1 aromatic carbocycles. The van der Waals surface area contributed by atoms with Crippen LogP contribution in [0.25, 0.3) is 0 Å². The summed E-state index contributed by atoms with van der Waals surface area (Å²) in [5, 5.41) is 0. The lowest BCUT2D eigenvalue weighted by molar-refractivity contribution is -0.134. The molecule has 1 atom stereocenters. The molecule has 0 spiro atoms. The molecule has 1 saturated heterocycles. The summed E-state index contributed by atoms with van der Waals surface area (Å²) in [6.07, 6.45) is 0.630. The number of hydrogen-bond acceptors (Lipinski definition) is 3. The number of rotatable bonds is 3. The molecule has 3 heterocycles. The second-order valence-electron chi connectivity index (χ2n) is 6.79. The Morgan fingerprint density at radius 1 is 1.33 bits per heavy atom. The van der Waals surface area contributed by atoms with Gasteiger partial charge in [-0.1, -0.05) is 0 Å². The van der Waals surface area contributed by atoms with Crippen LogP contribution in [-0.2, 0) is 28.9 Å². The number of imidazole rings is 1. The zero-order valence-corrected chi connectivity index (χ0v) is 16.8. The van der Waals surface area contributed by atoms with Gasteiger partial charge in [-0.2, -0.15) is 0 Å². The fourth-order valence-electron chi connectivity index (χ4n) is 3.83. The van der Waals surface area contributed by atoms with Gasteiger partial charge in [-0.3, -0.25) is 4.79 Å². The van der Waals surface area contributed by atoms with Crippen LogP contribution in [0.15, 0.2) is 16.6 Å². The van der Waals surface area contributed by atoms with E-state index >= 15 is 0 Å². The molecular formula is C18H18BrF2N3O2S. The highest BCUT2D eigenvalue weighted by atomic mass is 79.9. The van der Waals surface area contributed by atoms with E-state index < -0.39 is 11.6 Å². The SMILES string of the molecule is O=C(Cc1[nH]c(=S)n2c1C[C@H](c1c(F)ccc(Br)c1F)C2)N1CCOCC1. The topological polar surface area (TPSA) is 50.3 Å². The minimum absolute atomic E-state index is 0.00113. The van der Waals surface area contributed by atoms with Crippen LogP contribution < -0.4 is 0 Å². The van der Waals surface area contributed by atoms with Gasteiger partial charge in [-0.05, 0) is 46.7 Å². The zero-order chi connectivity index (χ0) is 19.1. The molecule has 9 heteroatoms. The van der Waals surface area contributed by atoms with Crippen molar-refractivity contribution in [1.82, 2.24) is 14.5 Å². The van der Waals surface area contributed by atoms with E-state index in [4.69, 9.17) is 17.0 Å². The Hall–Kier alpha value is -1.58. The summed E-state index contributed by atoms with van der Waals surface area (Å²) < 4.78 is 36.6. The number of carbonyl (C=O) groups excluding carboxylic acids is 1. The lowest BCUT2D eigenvalue weighted by Crippen LogP contribution is -2.41. The van der Waals surface area contributed by atoms with Crippen molar-refractivity contribution in [3.05, 3.63) is 50.0 Å². The Kier molecular flexibility index (Phi) is 5.17. The van der Waals surface area contributed by atoms with Crippen LogP contribution in [0.4, 0.5) is 8.78 Å². The third-order valence-electron chi connectivity index (χ3n) is 5.20. The second kappa shape index (κ2) is 7.44. The summed E-state index contributed by atoms with van der Waals surface area (Å²) in [5.41, 5.74) is 1.65. The van der Waals surface area contributed by atoms with E-state index in [1.54, 1.807) is 4.90 Å². The molecule has 1 N–H and O–H groups in total. The predicted octanol–water partition coefficient (Wildman–Crippen LogP) is 3.33. The smallest absolute Gasteiger partial charge is 0.228 e. The maximum Gasteiger partial charge on any atom is 0.228 e. The zero-order valence-electron chi connectivity index (χ0n) is 14.4. The molecule has 1 aromatic heterocycles. The van der Waals surface area contributed by atoms with Crippen molar-refractivity contribution >= 4 is 34.1 Å². The summed E-state index contributed by atoms with van der Waals surface area (Å²) in [4.78, 5) is 17.4. The summed E-state index contributed by atoms with van der Waals surface area (Å²) >= 11 is 8.49. The summed E-state index contributed by atoms with van der Waals surface area (Å²) in [6, 6.07) is 2.63. The maximum absolute atomic E-state index is 14.5. The average molecular weight is 458 g/mol. The van der Waals surface area contributed by atoms with E-state index in [2.05, 4.69) is 20.9 Å². The number of nitrogens with one attached hydrogen (secondary N) is 1. The van der Waals surface area contributed by atoms with Crippen molar-refractivity contribution in [1.29, 1.82) is 0 Å². The summed E-state index contributed by atoms with van der Waals surface area (Å²) in [5.74, 6) is -1.49. The fraction of sp³-hybridized carbons (Fsp3) is 0.444.